The van der Waals surface area contributed by atoms with Crippen LogP contribution in [0.25, 0.3) is 0 Å². The number of amides is 1. The van der Waals surface area contributed by atoms with E-state index in [2.05, 4.69) is 10.3 Å². The number of hydrogen-bond donors (Lipinski definition) is 1. The SMILES string of the molecule is COc1cc(C)ccc1Oc1ccc(NC(=O)c2cc(Cl)c3c(c2)OCCO3)cn1. The van der Waals surface area contributed by atoms with Crippen LogP contribution in [-0.2, 0) is 0 Å². The predicted molar refractivity (Wildman–Crippen MR) is 112 cm³/mol. The number of pyridine rings is 1. The van der Waals surface area contributed by atoms with Crippen molar-refractivity contribution in [1.82, 2.24) is 4.98 Å². The molecule has 0 bridgehead atoms. The van der Waals surface area contributed by atoms with E-state index < -0.39 is 0 Å². The maximum absolute atomic E-state index is 12.6. The molecule has 2 aromatic carbocycles. The van der Waals surface area contributed by atoms with E-state index in [0.29, 0.717) is 58.4 Å². The first kappa shape index (κ1) is 19.8. The minimum atomic E-state index is -0.343. The minimum Gasteiger partial charge on any atom is -0.493 e. The molecule has 1 aliphatic heterocycles. The second kappa shape index (κ2) is 8.51. The van der Waals surface area contributed by atoms with Gasteiger partial charge >= 0.3 is 0 Å². The lowest BCUT2D eigenvalue weighted by atomic mass is 10.1. The number of halogens is 1. The zero-order chi connectivity index (χ0) is 21.1. The molecule has 0 saturated heterocycles. The number of aryl methyl sites for hydroxylation is 1. The van der Waals surface area contributed by atoms with Crippen molar-refractivity contribution in [1.29, 1.82) is 0 Å². The number of nitrogens with one attached hydrogen (secondary N) is 1. The first-order valence-corrected chi connectivity index (χ1v) is 9.60. The van der Waals surface area contributed by atoms with Crippen LogP contribution in [0.2, 0.25) is 5.02 Å². The van der Waals surface area contributed by atoms with Crippen LogP contribution in [0.15, 0.2) is 48.7 Å². The van der Waals surface area contributed by atoms with Gasteiger partial charge in [0.25, 0.3) is 5.91 Å². The van der Waals surface area contributed by atoms with E-state index in [1.54, 1.807) is 31.4 Å². The van der Waals surface area contributed by atoms with E-state index in [0.717, 1.165) is 5.56 Å². The summed E-state index contributed by atoms with van der Waals surface area (Å²) >= 11 is 6.20. The molecule has 30 heavy (non-hydrogen) atoms. The Morgan fingerprint density at radius 1 is 1.10 bits per heavy atom. The van der Waals surface area contributed by atoms with Gasteiger partial charge in [0.1, 0.15) is 13.2 Å². The third-order valence-corrected chi connectivity index (χ3v) is 4.67. The van der Waals surface area contributed by atoms with Crippen LogP contribution >= 0.6 is 11.6 Å². The molecule has 2 heterocycles. The van der Waals surface area contributed by atoms with Gasteiger partial charge in [0, 0.05) is 11.6 Å². The summed E-state index contributed by atoms with van der Waals surface area (Å²) in [5.41, 5.74) is 1.92. The number of anilines is 1. The summed E-state index contributed by atoms with van der Waals surface area (Å²) in [4.78, 5) is 16.8. The Hall–Kier alpha value is -3.45. The molecule has 3 aromatic rings. The zero-order valence-electron chi connectivity index (χ0n) is 16.4. The smallest absolute Gasteiger partial charge is 0.255 e. The number of carbonyl (C=O) groups is 1. The first-order valence-electron chi connectivity index (χ1n) is 9.22. The number of rotatable bonds is 5. The standard InChI is InChI=1S/C22H19ClN2O5/c1-13-3-5-17(18(9-13)27-2)30-20-6-4-15(12-24-20)25-22(26)14-10-16(23)21-19(11-14)28-7-8-29-21/h3-6,9-12H,7-8H2,1-2H3,(H,25,26). The number of carbonyl (C=O) groups excluding carboxylic acids is 1. The average molecular weight is 427 g/mol. The molecule has 1 N–H and O–H groups in total. The topological polar surface area (TPSA) is 78.9 Å². The van der Waals surface area contributed by atoms with Gasteiger partial charge in [-0.15, -0.1) is 0 Å². The highest BCUT2D eigenvalue weighted by Crippen LogP contribution is 2.38. The zero-order valence-corrected chi connectivity index (χ0v) is 17.2. The highest BCUT2D eigenvalue weighted by Gasteiger charge is 2.19. The van der Waals surface area contributed by atoms with Gasteiger partial charge in [-0.3, -0.25) is 4.79 Å². The van der Waals surface area contributed by atoms with Crippen molar-refractivity contribution >= 4 is 23.2 Å². The molecule has 154 valence electrons. The largest absolute Gasteiger partial charge is 0.493 e. The van der Waals surface area contributed by atoms with Crippen LogP contribution in [0.4, 0.5) is 5.69 Å². The fourth-order valence-electron chi connectivity index (χ4n) is 2.93. The Bertz CT molecular complexity index is 1090. The van der Waals surface area contributed by atoms with E-state index in [9.17, 15) is 4.79 Å². The summed E-state index contributed by atoms with van der Waals surface area (Å²) in [5, 5.41) is 3.10. The molecule has 0 radical (unpaired) electrons. The van der Waals surface area contributed by atoms with Gasteiger partial charge in [-0.2, -0.15) is 0 Å². The number of benzene rings is 2. The van der Waals surface area contributed by atoms with Crippen LogP contribution in [0.5, 0.6) is 28.9 Å². The lowest BCUT2D eigenvalue weighted by Gasteiger charge is -2.20. The summed E-state index contributed by atoms with van der Waals surface area (Å²) in [7, 11) is 1.58. The van der Waals surface area contributed by atoms with Crippen molar-refractivity contribution in [2.45, 2.75) is 6.92 Å². The number of hydrogen-bond acceptors (Lipinski definition) is 6. The Balaban J connectivity index is 1.46. The number of methoxy groups -OCH3 is 1. The molecule has 0 unspecified atom stereocenters. The molecule has 0 aliphatic carbocycles. The maximum atomic E-state index is 12.6. The molecular formula is C22H19ClN2O5. The molecule has 4 rings (SSSR count). The van der Waals surface area contributed by atoms with Crippen molar-refractivity contribution in [2.24, 2.45) is 0 Å². The van der Waals surface area contributed by atoms with E-state index in [4.69, 9.17) is 30.5 Å². The quantitative estimate of drug-likeness (QED) is 0.627. The minimum absolute atomic E-state index is 0.325. The highest BCUT2D eigenvalue weighted by molar-refractivity contribution is 6.32. The van der Waals surface area contributed by atoms with Crippen LogP contribution in [0.1, 0.15) is 15.9 Å². The molecule has 0 fully saturated rings. The lowest BCUT2D eigenvalue weighted by Crippen LogP contribution is -2.17. The van der Waals surface area contributed by atoms with Crippen LogP contribution in [0.3, 0.4) is 0 Å². The monoisotopic (exact) mass is 426 g/mol. The number of nitrogens with zero attached hydrogens (tertiary/aromatic N) is 1. The van der Waals surface area contributed by atoms with Gasteiger partial charge in [-0.25, -0.2) is 4.98 Å². The number of ether oxygens (including phenoxy) is 4. The van der Waals surface area contributed by atoms with E-state index in [1.807, 2.05) is 25.1 Å². The molecule has 0 spiro atoms. The molecule has 1 aromatic heterocycles. The lowest BCUT2D eigenvalue weighted by molar-refractivity contribution is 0.102. The van der Waals surface area contributed by atoms with Crippen LogP contribution in [-0.4, -0.2) is 31.2 Å². The number of aromatic nitrogens is 1. The Morgan fingerprint density at radius 2 is 1.93 bits per heavy atom. The van der Waals surface area contributed by atoms with E-state index in [-0.39, 0.29) is 5.91 Å². The maximum Gasteiger partial charge on any atom is 0.255 e. The normalized spacial score (nSPS) is 12.2. The Morgan fingerprint density at radius 3 is 2.70 bits per heavy atom. The van der Waals surface area contributed by atoms with Crippen molar-refractivity contribution in [2.75, 3.05) is 25.6 Å². The van der Waals surface area contributed by atoms with Gasteiger partial charge in [0.05, 0.1) is 24.0 Å². The van der Waals surface area contributed by atoms with Gasteiger partial charge in [0.2, 0.25) is 5.88 Å². The van der Waals surface area contributed by atoms with Gasteiger partial charge < -0.3 is 24.3 Å². The summed E-state index contributed by atoms with van der Waals surface area (Å²) in [6.07, 6.45) is 1.51. The molecule has 1 aliphatic rings. The Labute approximate surface area is 178 Å². The second-order valence-corrected chi connectivity index (χ2v) is 6.99. The van der Waals surface area contributed by atoms with Crippen molar-refractivity contribution in [3.05, 3.63) is 64.8 Å². The average Bonchev–Trinajstić information content (AvgIpc) is 2.76. The summed E-state index contributed by atoms with van der Waals surface area (Å²) in [5.74, 6) is 2.10. The highest BCUT2D eigenvalue weighted by atomic mass is 35.5. The molecule has 0 saturated carbocycles. The summed E-state index contributed by atoms with van der Waals surface area (Å²) < 4.78 is 22.1. The fraction of sp³-hybridized carbons (Fsp3) is 0.182. The van der Waals surface area contributed by atoms with Crippen molar-refractivity contribution in [3.8, 4) is 28.9 Å². The molecule has 1 amide bonds. The van der Waals surface area contributed by atoms with Crippen LogP contribution < -0.4 is 24.3 Å². The molecule has 8 heteroatoms. The van der Waals surface area contributed by atoms with Gasteiger partial charge in [-0.1, -0.05) is 17.7 Å². The molecular weight excluding hydrogens is 408 g/mol. The van der Waals surface area contributed by atoms with Gasteiger partial charge in [-0.05, 0) is 42.8 Å². The van der Waals surface area contributed by atoms with Crippen molar-refractivity contribution in [3.63, 3.8) is 0 Å². The Kier molecular flexibility index (Phi) is 5.63. The third kappa shape index (κ3) is 4.26. The third-order valence-electron chi connectivity index (χ3n) is 4.39. The number of fused-ring (bicyclic) bond motifs is 1. The molecule has 7 nitrogen and oxygen atoms in total. The van der Waals surface area contributed by atoms with E-state index >= 15 is 0 Å². The van der Waals surface area contributed by atoms with Gasteiger partial charge in [0.15, 0.2) is 23.0 Å². The first-order chi connectivity index (χ1) is 14.5. The fourth-order valence-corrected chi connectivity index (χ4v) is 3.20. The van der Waals surface area contributed by atoms with Crippen LogP contribution in [0, 0.1) is 6.92 Å². The summed E-state index contributed by atoms with van der Waals surface area (Å²) in [6, 6.07) is 12.1. The summed E-state index contributed by atoms with van der Waals surface area (Å²) in [6.45, 7) is 2.80. The van der Waals surface area contributed by atoms with Crippen molar-refractivity contribution < 1.29 is 23.7 Å². The molecule has 0 atom stereocenters. The van der Waals surface area contributed by atoms with E-state index in [1.165, 1.54) is 6.20 Å². The second-order valence-electron chi connectivity index (χ2n) is 6.58. The predicted octanol–water partition coefficient (Wildman–Crippen LogP) is 4.87.